The zero-order chi connectivity index (χ0) is 7.11. The van der Waals surface area contributed by atoms with Gasteiger partial charge in [0.15, 0.2) is 0 Å². The van der Waals surface area contributed by atoms with Gasteiger partial charge in [0.1, 0.15) is 0 Å². The Balaban J connectivity index is -0.000000107. The third kappa shape index (κ3) is 8.20. The summed E-state index contributed by atoms with van der Waals surface area (Å²) in [4.78, 5) is 13.7. The van der Waals surface area contributed by atoms with E-state index >= 15 is 0 Å². The van der Waals surface area contributed by atoms with Gasteiger partial charge in [-0.1, -0.05) is 19.8 Å². The molecule has 0 amide bonds. The smallest absolute Gasteiger partial charge is 1.00 e. The van der Waals surface area contributed by atoms with Crippen LogP contribution in [0, 0.1) is 0 Å². The molecule has 4 heteroatoms. The third-order valence-electron chi connectivity index (χ3n) is 1.09. The molecule has 0 aliphatic carbocycles. The number of unbranched alkanes of at least 4 members (excludes halogenated alkanes) is 2. The van der Waals surface area contributed by atoms with Crippen LogP contribution >= 0.6 is 0 Å². The van der Waals surface area contributed by atoms with E-state index in [1.165, 1.54) is 0 Å². The van der Waals surface area contributed by atoms with E-state index in [9.17, 15) is 4.79 Å². The van der Waals surface area contributed by atoms with Gasteiger partial charge in [-0.2, -0.15) is 5.26 Å². The van der Waals surface area contributed by atoms with E-state index in [-0.39, 0.29) is 25.9 Å². The standard InChI is InChI=1S/C6H12O3.Mg.2H/c1-2-3-4-5-6(7)9-8;;;/h8H,2-5H2,1H3;;;/q;+2;2*-1. The fraction of sp³-hybridized carbons (Fsp3) is 0.833. The van der Waals surface area contributed by atoms with Gasteiger partial charge in [-0.15, -0.1) is 0 Å². The Morgan fingerprint density at radius 1 is 1.60 bits per heavy atom. The first kappa shape index (κ1) is 12.8. The molecule has 58 valence electrons. The number of hydrogen-bond acceptors (Lipinski definition) is 3. The molecular formula is C6H14MgO3. The number of hydrogen-bond donors (Lipinski definition) is 1. The number of carbonyl (C=O) groups is 1. The van der Waals surface area contributed by atoms with Gasteiger partial charge >= 0.3 is 29.0 Å². The summed E-state index contributed by atoms with van der Waals surface area (Å²) >= 11 is 0. The molecule has 0 radical (unpaired) electrons. The van der Waals surface area contributed by atoms with Gasteiger partial charge in [0.2, 0.25) is 0 Å². The zero-order valence-electron chi connectivity index (χ0n) is 8.30. The maximum Gasteiger partial charge on any atom is 2.00 e. The van der Waals surface area contributed by atoms with Crippen LogP contribution < -0.4 is 0 Å². The van der Waals surface area contributed by atoms with Crippen molar-refractivity contribution in [3.05, 3.63) is 0 Å². The van der Waals surface area contributed by atoms with Crippen molar-refractivity contribution in [2.45, 2.75) is 32.6 Å². The van der Waals surface area contributed by atoms with Crippen molar-refractivity contribution in [2.24, 2.45) is 0 Å². The molecule has 0 rings (SSSR count). The van der Waals surface area contributed by atoms with Crippen LogP contribution in [0.5, 0.6) is 0 Å². The van der Waals surface area contributed by atoms with Gasteiger partial charge in [-0.3, -0.25) is 0 Å². The van der Waals surface area contributed by atoms with E-state index < -0.39 is 5.97 Å². The fourth-order valence-corrected chi connectivity index (χ4v) is 0.565. The molecule has 0 heterocycles. The summed E-state index contributed by atoms with van der Waals surface area (Å²) in [5.74, 6) is -0.538. The van der Waals surface area contributed by atoms with Crippen molar-refractivity contribution in [1.82, 2.24) is 0 Å². The van der Waals surface area contributed by atoms with E-state index in [4.69, 9.17) is 5.26 Å². The monoisotopic (exact) mass is 158 g/mol. The molecule has 1 N–H and O–H groups in total. The summed E-state index contributed by atoms with van der Waals surface area (Å²) in [5.41, 5.74) is 0. The van der Waals surface area contributed by atoms with Gasteiger partial charge in [0, 0.05) is 6.42 Å². The molecule has 0 bridgehead atoms. The Hall–Kier alpha value is 0.196. The molecule has 0 aromatic rings. The normalized spacial score (nSPS) is 8.20. The SMILES string of the molecule is CCCCCC(=O)OO.[H-].[H-].[Mg+2]. The fourth-order valence-electron chi connectivity index (χ4n) is 0.565. The maximum absolute atomic E-state index is 10.2. The Kier molecular flexibility index (Phi) is 11.8. The number of rotatable bonds is 4. The predicted octanol–water partition coefficient (Wildman–Crippen LogP) is 1.43. The first-order chi connectivity index (χ1) is 4.31. The second-order valence-electron chi connectivity index (χ2n) is 1.92. The molecule has 0 fully saturated rings. The minimum atomic E-state index is -0.538. The van der Waals surface area contributed by atoms with Crippen LogP contribution in [-0.2, 0) is 9.68 Å². The van der Waals surface area contributed by atoms with Gasteiger partial charge in [0.05, 0.1) is 0 Å². The second-order valence-corrected chi connectivity index (χ2v) is 1.92. The molecule has 0 unspecified atom stereocenters. The summed E-state index contributed by atoms with van der Waals surface area (Å²) in [5, 5.41) is 7.78. The van der Waals surface area contributed by atoms with E-state index in [0.717, 1.165) is 19.3 Å². The molecule has 0 saturated carbocycles. The summed E-state index contributed by atoms with van der Waals surface area (Å²) < 4.78 is 0. The molecule has 0 atom stereocenters. The average molecular weight is 158 g/mol. The largest absolute Gasteiger partial charge is 2.00 e. The van der Waals surface area contributed by atoms with Gasteiger partial charge < -0.3 is 7.74 Å². The Labute approximate surface area is 79.8 Å². The Morgan fingerprint density at radius 3 is 2.60 bits per heavy atom. The van der Waals surface area contributed by atoms with Crippen LogP contribution in [0.25, 0.3) is 0 Å². The van der Waals surface area contributed by atoms with E-state index in [1.54, 1.807) is 0 Å². The maximum atomic E-state index is 10.2. The summed E-state index contributed by atoms with van der Waals surface area (Å²) in [6.45, 7) is 2.05. The molecule has 0 aliphatic heterocycles. The minimum absolute atomic E-state index is 0. The van der Waals surface area contributed by atoms with Gasteiger partial charge in [-0.25, -0.2) is 4.79 Å². The van der Waals surface area contributed by atoms with Crippen LogP contribution in [0.4, 0.5) is 0 Å². The quantitative estimate of drug-likeness (QED) is 0.291. The molecule has 0 aromatic carbocycles. The first-order valence-corrected chi connectivity index (χ1v) is 3.15. The Morgan fingerprint density at radius 2 is 2.20 bits per heavy atom. The van der Waals surface area contributed by atoms with Gasteiger partial charge in [-0.05, 0) is 6.42 Å². The topological polar surface area (TPSA) is 46.5 Å². The summed E-state index contributed by atoms with van der Waals surface area (Å²) in [6, 6.07) is 0. The van der Waals surface area contributed by atoms with Gasteiger partial charge in [0.25, 0.3) is 0 Å². The molecule has 10 heavy (non-hydrogen) atoms. The van der Waals surface area contributed by atoms with E-state index in [1.807, 2.05) is 6.92 Å². The first-order valence-electron chi connectivity index (χ1n) is 3.15. The molecular weight excluding hydrogens is 144 g/mol. The zero-order valence-corrected chi connectivity index (χ0v) is 7.71. The van der Waals surface area contributed by atoms with Crippen LogP contribution in [0.1, 0.15) is 35.5 Å². The van der Waals surface area contributed by atoms with Crippen LogP contribution in [0.15, 0.2) is 0 Å². The van der Waals surface area contributed by atoms with Crippen molar-refractivity contribution in [1.29, 1.82) is 0 Å². The van der Waals surface area contributed by atoms with Crippen molar-refractivity contribution in [2.75, 3.05) is 0 Å². The molecule has 0 saturated heterocycles. The van der Waals surface area contributed by atoms with E-state index in [0.29, 0.717) is 6.42 Å². The summed E-state index contributed by atoms with van der Waals surface area (Å²) in [6.07, 6.45) is 3.20. The van der Waals surface area contributed by atoms with Crippen molar-refractivity contribution in [3.8, 4) is 0 Å². The summed E-state index contributed by atoms with van der Waals surface area (Å²) in [7, 11) is 0. The average Bonchev–Trinajstić information content (AvgIpc) is 1.89. The predicted molar refractivity (Wildman–Crippen MR) is 40.8 cm³/mol. The second kappa shape index (κ2) is 9.20. The molecule has 3 nitrogen and oxygen atoms in total. The van der Waals surface area contributed by atoms with Crippen LogP contribution in [0.3, 0.4) is 0 Å². The van der Waals surface area contributed by atoms with Crippen LogP contribution in [0.2, 0.25) is 0 Å². The number of carbonyl (C=O) groups excluding carboxylic acids is 1. The van der Waals surface area contributed by atoms with E-state index in [2.05, 4.69) is 4.89 Å². The third-order valence-corrected chi connectivity index (χ3v) is 1.09. The molecule has 0 spiro atoms. The van der Waals surface area contributed by atoms with Crippen molar-refractivity contribution >= 4 is 29.0 Å². The Bertz CT molecular complexity index is 92.9. The molecule has 0 aliphatic rings. The van der Waals surface area contributed by atoms with Crippen molar-refractivity contribution in [3.63, 3.8) is 0 Å². The molecule has 0 aromatic heterocycles. The van der Waals surface area contributed by atoms with Crippen LogP contribution in [-0.4, -0.2) is 34.3 Å². The van der Waals surface area contributed by atoms with Crippen molar-refractivity contribution < 1.29 is 17.8 Å². The minimum Gasteiger partial charge on any atom is -1.00 e.